The van der Waals surface area contributed by atoms with E-state index >= 15 is 0 Å². The Hall–Kier alpha value is -0.0900. The fourth-order valence-electron chi connectivity index (χ4n) is 3.00. The molecule has 0 spiro atoms. The molecule has 1 N–H and O–H groups in total. The van der Waals surface area contributed by atoms with Gasteiger partial charge in [-0.15, -0.1) is 0 Å². The fraction of sp³-hybridized carbons (Fsp3) is 1.00. The second-order valence-corrected chi connectivity index (χ2v) is 7.95. The molecule has 3 nitrogen and oxygen atoms in total. The van der Waals surface area contributed by atoms with Crippen molar-refractivity contribution in [3.05, 3.63) is 0 Å². The third kappa shape index (κ3) is 6.74. The molecule has 1 atom stereocenters. The highest BCUT2D eigenvalue weighted by molar-refractivity contribution is 7.90. The summed E-state index contributed by atoms with van der Waals surface area (Å²) >= 11 is 0. The van der Waals surface area contributed by atoms with E-state index in [-0.39, 0.29) is 0 Å². The molecule has 0 amide bonds. The Kier molecular flexibility index (Phi) is 7.23. The van der Waals surface area contributed by atoms with Gasteiger partial charge in [0, 0.05) is 12.3 Å². The topological polar surface area (TPSA) is 46.2 Å². The van der Waals surface area contributed by atoms with Gasteiger partial charge in [0.1, 0.15) is 9.84 Å². The summed E-state index contributed by atoms with van der Waals surface area (Å²) in [5.74, 6) is 0.994. The van der Waals surface area contributed by atoms with Gasteiger partial charge in [-0.3, -0.25) is 0 Å². The molecular weight excluding hydrogens is 246 g/mol. The Balaban J connectivity index is 2.51. The van der Waals surface area contributed by atoms with Crippen LogP contribution in [-0.4, -0.2) is 33.0 Å². The van der Waals surface area contributed by atoms with Crippen LogP contribution in [0.4, 0.5) is 0 Å². The van der Waals surface area contributed by atoms with Crippen molar-refractivity contribution < 1.29 is 8.42 Å². The third-order valence-corrected chi connectivity index (χ3v) is 4.96. The van der Waals surface area contributed by atoms with Gasteiger partial charge in [-0.1, -0.05) is 39.0 Å². The maximum Gasteiger partial charge on any atom is 0.147 e. The Morgan fingerprint density at radius 3 is 2.17 bits per heavy atom. The van der Waals surface area contributed by atoms with Crippen molar-refractivity contribution in [3.8, 4) is 0 Å². The van der Waals surface area contributed by atoms with Gasteiger partial charge in [0.15, 0.2) is 0 Å². The lowest BCUT2D eigenvalue weighted by Crippen LogP contribution is -2.38. The van der Waals surface area contributed by atoms with Gasteiger partial charge in [-0.25, -0.2) is 8.42 Å². The van der Waals surface area contributed by atoms with Gasteiger partial charge in [0.2, 0.25) is 0 Å². The van der Waals surface area contributed by atoms with Gasteiger partial charge >= 0.3 is 0 Å². The van der Waals surface area contributed by atoms with Crippen LogP contribution in [0.25, 0.3) is 0 Å². The Labute approximate surface area is 113 Å². The zero-order valence-electron chi connectivity index (χ0n) is 12.0. The van der Waals surface area contributed by atoms with E-state index in [0.29, 0.717) is 17.7 Å². The summed E-state index contributed by atoms with van der Waals surface area (Å²) in [5.41, 5.74) is 0. The minimum absolute atomic E-state index is 0.321. The second kappa shape index (κ2) is 8.16. The van der Waals surface area contributed by atoms with Crippen LogP contribution >= 0.6 is 0 Å². The summed E-state index contributed by atoms with van der Waals surface area (Å²) in [6.45, 7) is 3.04. The van der Waals surface area contributed by atoms with Crippen molar-refractivity contribution in [1.29, 1.82) is 0 Å². The van der Waals surface area contributed by atoms with Crippen LogP contribution in [0.1, 0.15) is 58.3 Å². The summed E-state index contributed by atoms with van der Waals surface area (Å²) in [6.07, 6.45) is 11.3. The van der Waals surface area contributed by atoms with E-state index in [2.05, 4.69) is 12.2 Å². The van der Waals surface area contributed by atoms with Crippen molar-refractivity contribution in [2.45, 2.75) is 64.3 Å². The van der Waals surface area contributed by atoms with Crippen LogP contribution in [0.2, 0.25) is 0 Å². The first kappa shape index (κ1) is 16.0. The monoisotopic (exact) mass is 275 g/mol. The molecule has 1 aliphatic carbocycles. The highest BCUT2D eigenvalue weighted by Gasteiger charge is 2.22. The maximum atomic E-state index is 11.3. The Morgan fingerprint density at radius 2 is 1.67 bits per heavy atom. The summed E-state index contributed by atoms with van der Waals surface area (Å²) < 4.78 is 22.6. The number of rotatable bonds is 6. The highest BCUT2D eigenvalue weighted by atomic mass is 32.2. The van der Waals surface area contributed by atoms with Crippen molar-refractivity contribution in [3.63, 3.8) is 0 Å². The molecule has 1 saturated carbocycles. The van der Waals surface area contributed by atoms with E-state index in [4.69, 9.17) is 0 Å². The molecule has 0 aromatic heterocycles. The molecule has 1 rings (SSSR count). The number of hydrogen-bond acceptors (Lipinski definition) is 3. The van der Waals surface area contributed by atoms with E-state index in [9.17, 15) is 8.42 Å². The summed E-state index contributed by atoms with van der Waals surface area (Å²) in [4.78, 5) is 0. The molecule has 4 heteroatoms. The third-order valence-electron chi connectivity index (χ3n) is 3.98. The normalized spacial score (nSPS) is 21.2. The largest absolute Gasteiger partial charge is 0.314 e. The first-order valence-corrected chi connectivity index (χ1v) is 9.50. The predicted octanol–water partition coefficient (Wildman–Crippen LogP) is 2.76. The van der Waals surface area contributed by atoms with Crippen molar-refractivity contribution in [2.75, 3.05) is 18.6 Å². The molecule has 0 aromatic carbocycles. The fourth-order valence-corrected chi connectivity index (χ4v) is 3.68. The van der Waals surface area contributed by atoms with E-state index in [0.717, 1.165) is 13.0 Å². The number of nitrogens with one attached hydrogen (secondary N) is 1. The standard InChI is InChI=1S/C14H29NO2S/c1-3-15-14(11-12-18(2,16)17)13-9-7-5-4-6-8-10-13/h13-15H,3-12H2,1-2H3. The lowest BCUT2D eigenvalue weighted by molar-refractivity contribution is 0.282. The van der Waals surface area contributed by atoms with Gasteiger partial charge < -0.3 is 5.32 Å². The maximum absolute atomic E-state index is 11.3. The molecule has 18 heavy (non-hydrogen) atoms. The molecule has 0 heterocycles. The molecule has 0 radical (unpaired) electrons. The molecule has 0 aliphatic heterocycles. The predicted molar refractivity (Wildman–Crippen MR) is 77.6 cm³/mol. The molecule has 108 valence electrons. The highest BCUT2D eigenvalue weighted by Crippen LogP contribution is 2.26. The molecule has 1 fully saturated rings. The average molecular weight is 275 g/mol. The molecule has 1 unspecified atom stereocenters. The zero-order chi connectivity index (χ0) is 13.4. The molecule has 0 bridgehead atoms. The summed E-state index contributed by atoms with van der Waals surface area (Å²) in [7, 11) is -2.83. The van der Waals surface area contributed by atoms with Gasteiger partial charge in [-0.05, 0) is 31.7 Å². The van der Waals surface area contributed by atoms with Crippen molar-refractivity contribution in [2.24, 2.45) is 5.92 Å². The molecule has 0 saturated heterocycles. The molecular formula is C14H29NO2S. The van der Waals surface area contributed by atoms with Crippen LogP contribution < -0.4 is 5.32 Å². The van der Waals surface area contributed by atoms with Gasteiger partial charge in [-0.2, -0.15) is 0 Å². The Morgan fingerprint density at radius 1 is 1.11 bits per heavy atom. The van der Waals surface area contributed by atoms with E-state index in [1.807, 2.05) is 0 Å². The van der Waals surface area contributed by atoms with Crippen LogP contribution in [-0.2, 0) is 9.84 Å². The lowest BCUT2D eigenvalue weighted by Gasteiger charge is -2.29. The van der Waals surface area contributed by atoms with E-state index < -0.39 is 9.84 Å². The first-order valence-electron chi connectivity index (χ1n) is 7.44. The summed E-state index contributed by atoms with van der Waals surface area (Å²) in [6, 6.07) is 0.392. The van der Waals surface area contributed by atoms with Gasteiger partial charge in [0.05, 0.1) is 5.75 Å². The summed E-state index contributed by atoms with van der Waals surface area (Å²) in [5, 5.41) is 3.51. The Bertz CT molecular complexity index is 306. The molecule has 0 aromatic rings. The van der Waals surface area contributed by atoms with Crippen LogP contribution in [0.3, 0.4) is 0 Å². The average Bonchev–Trinajstić information content (AvgIpc) is 2.23. The minimum Gasteiger partial charge on any atom is -0.314 e. The second-order valence-electron chi connectivity index (χ2n) is 5.69. The van der Waals surface area contributed by atoms with Crippen molar-refractivity contribution in [1.82, 2.24) is 5.32 Å². The van der Waals surface area contributed by atoms with Gasteiger partial charge in [0.25, 0.3) is 0 Å². The van der Waals surface area contributed by atoms with Crippen LogP contribution in [0, 0.1) is 5.92 Å². The smallest absolute Gasteiger partial charge is 0.147 e. The van der Waals surface area contributed by atoms with E-state index in [1.165, 1.54) is 51.2 Å². The van der Waals surface area contributed by atoms with Crippen LogP contribution in [0.5, 0.6) is 0 Å². The SMILES string of the molecule is CCNC(CCS(C)(=O)=O)C1CCCCCCC1. The number of sulfone groups is 1. The number of hydrogen-bond donors (Lipinski definition) is 1. The minimum atomic E-state index is -2.83. The lowest BCUT2D eigenvalue weighted by atomic mass is 9.85. The van der Waals surface area contributed by atoms with Crippen molar-refractivity contribution >= 4 is 9.84 Å². The van der Waals surface area contributed by atoms with Crippen LogP contribution in [0.15, 0.2) is 0 Å². The first-order chi connectivity index (χ1) is 8.53. The quantitative estimate of drug-likeness (QED) is 0.811. The van der Waals surface area contributed by atoms with E-state index in [1.54, 1.807) is 0 Å². The zero-order valence-corrected chi connectivity index (χ0v) is 12.8. The molecule has 1 aliphatic rings.